The summed E-state index contributed by atoms with van der Waals surface area (Å²) in [7, 11) is 1.46. The van der Waals surface area contributed by atoms with E-state index in [-0.39, 0.29) is 0 Å². The van der Waals surface area contributed by atoms with Gasteiger partial charge in [-0.1, -0.05) is 25.1 Å². The van der Waals surface area contributed by atoms with E-state index in [1.165, 1.54) is 17.7 Å². The molecule has 0 atom stereocenters. The van der Waals surface area contributed by atoms with Gasteiger partial charge in [0, 0.05) is 12.4 Å². The van der Waals surface area contributed by atoms with Crippen molar-refractivity contribution in [1.29, 1.82) is 0 Å². The molecule has 0 bridgehead atoms. The van der Waals surface area contributed by atoms with E-state index in [4.69, 9.17) is 0 Å². The van der Waals surface area contributed by atoms with E-state index in [9.17, 15) is 13.2 Å². The SMILES string of the molecule is CCc1cccc2cc(C(F)(F)F)n(C)c12. The topological polar surface area (TPSA) is 4.93 Å². The molecule has 0 amide bonds. The van der Waals surface area contributed by atoms with E-state index in [2.05, 4.69) is 0 Å². The summed E-state index contributed by atoms with van der Waals surface area (Å²) in [6.07, 6.45) is -3.56. The number of fused-ring (bicyclic) bond motifs is 1. The lowest BCUT2D eigenvalue weighted by Crippen LogP contribution is -2.10. The number of nitrogens with zero attached hydrogens (tertiary/aromatic N) is 1. The first-order valence-corrected chi connectivity index (χ1v) is 5.09. The predicted molar refractivity (Wildman–Crippen MR) is 57.3 cm³/mol. The summed E-state index contributed by atoms with van der Waals surface area (Å²) in [5.41, 5.74) is 1.02. The van der Waals surface area contributed by atoms with Crippen molar-refractivity contribution in [1.82, 2.24) is 4.57 Å². The zero-order chi connectivity index (χ0) is 11.9. The maximum atomic E-state index is 12.7. The smallest absolute Gasteiger partial charge is 0.340 e. The molecule has 0 fully saturated rings. The molecule has 2 aromatic rings. The quantitative estimate of drug-likeness (QED) is 0.699. The first kappa shape index (κ1) is 11.0. The largest absolute Gasteiger partial charge is 0.431 e. The van der Waals surface area contributed by atoms with Crippen LogP contribution in [0.15, 0.2) is 24.3 Å². The summed E-state index contributed by atoms with van der Waals surface area (Å²) in [5, 5.41) is 0.647. The molecular formula is C12H12F3N. The Morgan fingerprint density at radius 1 is 1.25 bits per heavy atom. The van der Waals surface area contributed by atoms with Crippen LogP contribution >= 0.6 is 0 Å². The summed E-state index contributed by atoms with van der Waals surface area (Å²) in [5.74, 6) is 0. The maximum Gasteiger partial charge on any atom is 0.431 e. The Bertz CT molecular complexity index is 523. The number of benzene rings is 1. The first-order chi connectivity index (χ1) is 7.45. The van der Waals surface area contributed by atoms with Crippen LogP contribution in [0.3, 0.4) is 0 Å². The molecule has 1 heterocycles. The van der Waals surface area contributed by atoms with Crippen molar-refractivity contribution in [3.8, 4) is 0 Å². The van der Waals surface area contributed by atoms with Gasteiger partial charge in [-0.05, 0) is 18.1 Å². The average Bonchev–Trinajstić information content (AvgIpc) is 2.56. The van der Waals surface area contributed by atoms with E-state index >= 15 is 0 Å². The number of aromatic nitrogens is 1. The molecule has 0 spiro atoms. The zero-order valence-corrected chi connectivity index (χ0v) is 9.10. The van der Waals surface area contributed by atoms with Crippen LogP contribution in [0.1, 0.15) is 18.2 Å². The molecule has 0 saturated heterocycles. The van der Waals surface area contributed by atoms with Crippen LogP contribution in [-0.4, -0.2) is 4.57 Å². The molecule has 0 radical (unpaired) electrons. The van der Waals surface area contributed by atoms with Crippen LogP contribution < -0.4 is 0 Å². The van der Waals surface area contributed by atoms with Crippen LogP contribution in [-0.2, 0) is 19.6 Å². The van der Waals surface area contributed by atoms with Crippen LogP contribution in [0, 0.1) is 0 Å². The summed E-state index contributed by atoms with van der Waals surface area (Å²) in [4.78, 5) is 0. The van der Waals surface area contributed by atoms with Crippen molar-refractivity contribution in [3.63, 3.8) is 0 Å². The lowest BCUT2D eigenvalue weighted by Gasteiger charge is -2.09. The van der Waals surface area contributed by atoms with Gasteiger partial charge >= 0.3 is 6.18 Å². The summed E-state index contributed by atoms with van der Waals surface area (Å²) in [6.45, 7) is 1.94. The van der Waals surface area contributed by atoms with Crippen LogP contribution in [0.2, 0.25) is 0 Å². The van der Waals surface area contributed by atoms with Crippen LogP contribution in [0.4, 0.5) is 13.2 Å². The summed E-state index contributed by atoms with van der Waals surface area (Å²) in [6, 6.07) is 6.57. The number of rotatable bonds is 1. The van der Waals surface area contributed by atoms with Crippen molar-refractivity contribution < 1.29 is 13.2 Å². The van der Waals surface area contributed by atoms with E-state index in [1.807, 2.05) is 13.0 Å². The summed E-state index contributed by atoms with van der Waals surface area (Å²) >= 11 is 0. The van der Waals surface area contributed by atoms with Gasteiger partial charge < -0.3 is 4.57 Å². The molecule has 1 aromatic heterocycles. The normalized spacial score (nSPS) is 12.3. The second kappa shape index (κ2) is 3.54. The molecular weight excluding hydrogens is 215 g/mol. The molecule has 1 nitrogen and oxygen atoms in total. The van der Waals surface area contributed by atoms with Crippen LogP contribution in [0.25, 0.3) is 10.9 Å². The first-order valence-electron chi connectivity index (χ1n) is 5.09. The predicted octanol–water partition coefficient (Wildman–Crippen LogP) is 3.76. The van der Waals surface area contributed by atoms with Crippen molar-refractivity contribution in [2.75, 3.05) is 0 Å². The monoisotopic (exact) mass is 227 g/mol. The fraction of sp³-hybridized carbons (Fsp3) is 0.333. The molecule has 86 valence electrons. The lowest BCUT2D eigenvalue weighted by atomic mass is 10.1. The zero-order valence-electron chi connectivity index (χ0n) is 9.10. The lowest BCUT2D eigenvalue weighted by molar-refractivity contribution is -0.142. The molecule has 1 aromatic carbocycles. The van der Waals surface area contributed by atoms with Gasteiger partial charge in [0.15, 0.2) is 0 Å². The molecule has 0 unspecified atom stereocenters. The van der Waals surface area contributed by atoms with E-state index in [1.54, 1.807) is 12.1 Å². The molecule has 0 saturated carbocycles. The second-order valence-electron chi connectivity index (χ2n) is 3.79. The van der Waals surface area contributed by atoms with Gasteiger partial charge in [0.25, 0.3) is 0 Å². The van der Waals surface area contributed by atoms with Gasteiger partial charge in [-0.3, -0.25) is 0 Å². The second-order valence-corrected chi connectivity index (χ2v) is 3.79. The highest BCUT2D eigenvalue weighted by molar-refractivity contribution is 5.84. The molecule has 0 aliphatic rings. The fourth-order valence-electron chi connectivity index (χ4n) is 2.06. The van der Waals surface area contributed by atoms with Gasteiger partial charge in [0.2, 0.25) is 0 Å². The highest BCUT2D eigenvalue weighted by Gasteiger charge is 2.34. The minimum Gasteiger partial charge on any atom is -0.340 e. The van der Waals surface area contributed by atoms with E-state index in [0.717, 1.165) is 12.0 Å². The third-order valence-electron chi connectivity index (χ3n) is 2.81. The Balaban J connectivity index is 2.79. The minimum absolute atomic E-state index is 0.594. The molecule has 2 rings (SSSR count). The van der Waals surface area contributed by atoms with Crippen molar-refractivity contribution in [2.45, 2.75) is 19.5 Å². The number of hydrogen-bond acceptors (Lipinski definition) is 0. The minimum atomic E-state index is -4.29. The fourth-order valence-corrected chi connectivity index (χ4v) is 2.06. The van der Waals surface area contributed by atoms with Gasteiger partial charge in [0.05, 0.1) is 5.52 Å². The number of aryl methyl sites for hydroxylation is 2. The highest BCUT2D eigenvalue weighted by atomic mass is 19.4. The highest BCUT2D eigenvalue weighted by Crippen LogP contribution is 2.34. The maximum absolute atomic E-state index is 12.7. The van der Waals surface area contributed by atoms with Gasteiger partial charge in [-0.15, -0.1) is 0 Å². The van der Waals surface area contributed by atoms with E-state index < -0.39 is 11.9 Å². The average molecular weight is 227 g/mol. The third kappa shape index (κ3) is 1.58. The Morgan fingerprint density at radius 3 is 2.50 bits per heavy atom. The molecule has 0 aliphatic carbocycles. The number of halogens is 3. The number of hydrogen-bond donors (Lipinski definition) is 0. The standard InChI is InChI=1S/C12H12F3N/c1-3-8-5-4-6-9-7-10(12(13,14)15)16(2)11(8)9/h4-7H,3H2,1-2H3. The van der Waals surface area contributed by atoms with Gasteiger partial charge in [0.1, 0.15) is 5.69 Å². The Hall–Kier alpha value is -1.45. The van der Waals surface area contributed by atoms with Crippen molar-refractivity contribution >= 4 is 10.9 Å². The number of para-hydroxylation sites is 1. The van der Waals surface area contributed by atoms with E-state index in [0.29, 0.717) is 10.9 Å². The molecule has 4 heteroatoms. The Kier molecular flexibility index (Phi) is 2.45. The Labute approximate surface area is 91.5 Å². The third-order valence-corrected chi connectivity index (χ3v) is 2.81. The van der Waals surface area contributed by atoms with Crippen LogP contribution in [0.5, 0.6) is 0 Å². The Morgan fingerprint density at radius 2 is 1.94 bits per heavy atom. The molecule has 16 heavy (non-hydrogen) atoms. The van der Waals surface area contributed by atoms with Crippen molar-refractivity contribution in [3.05, 3.63) is 35.5 Å². The number of alkyl halides is 3. The van der Waals surface area contributed by atoms with Gasteiger partial charge in [-0.25, -0.2) is 0 Å². The molecule has 0 aliphatic heterocycles. The van der Waals surface area contributed by atoms with Crippen molar-refractivity contribution in [2.24, 2.45) is 7.05 Å². The van der Waals surface area contributed by atoms with Gasteiger partial charge in [-0.2, -0.15) is 13.2 Å². The molecule has 0 N–H and O–H groups in total. The summed E-state index contributed by atoms with van der Waals surface area (Å²) < 4.78 is 39.3.